The number of rotatable bonds is 4. The molecule has 0 amide bonds. The Morgan fingerprint density at radius 3 is 2.08 bits per heavy atom. The summed E-state index contributed by atoms with van der Waals surface area (Å²) in [6.45, 7) is -2.08. The fraction of sp³-hybridized carbons (Fsp3) is 1.00. The van der Waals surface area contributed by atoms with Gasteiger partial charge in [0, 0.05) is 0 Å². The van der Waals surface area contributed by atoms with Gasteiger partial charge in [0.25, 0.3) is 0 Å². The third-order valence-corrected chi connectivity index (χ3v) is 1.14. The Morgan fingerprint density at radius 1 is 1.42 bits per heavy atom. The van der Waals surface area contributed by atoms with Crippen LogP contribution in [0.25, 0.3) is 0 Å². The molecule has 0 rings (SSSR count). The molecule has 0 saturated heterocycles. The van der Waals surface area contributed by atoms with Crippen LogP contribution in [0.1, 0.15) is 0 Å². The zero-order valence-electron chi connectivity index (χ0n) is 5.38. The Labute approximate surface area is 65.1 Å². The fourth-order valence-electron chi connectivity index (χ4n) is 0.216. The predicted molar refractivity (Wildman–Crippen MR) is 28.5 cm³/mol. The van der Waals surface area contributed by atoms with Crippen LogP contribution in [-0.2, 0) is 14.6 Å². The molecule has 0 heterocycles. The Bertz CT molecular complexity index is 235. The highest BCUT2D eigenvalue weighted by atomic mass is 32.3. The monoisotopic (exact) mass is 212 g/mol. The molecule has 0 atom stereocenters. The first-order chi connectivity index (χ1) is 5.15. The van der Waals surface area contributed by atoms with Crippen molar-refractivity contribution in [1.82, 2.24) is 0 Å². The van der Waals surface area contributed by atoms with Crippen molar-refractivity contribution in [2.45, 2.75) is 12.3 Å². The van der Waals surface area contributed by atoms with Crippen LogP contribution in [0.4, 0.5) is 17.6 Å². The van der Waals surface area contributed by atoms with E-state index in [4.69, 9.17) is 4.55 Å². The van der Waals surface area contributed by atoms with Crippen molar-refractivity contribution >= 4 is 10.4 Å². The molecule has 74 valence electrons. The van der Waals surface area contributed by atoms with E-state index < -0.39 is 29.4 Å². The molecule has 0 saturated carbocycles. The van der Waals surface area contributed by atoms with Gasteiger partial charge in [-0.05, 0) is 0 Å². The smallest absolute Gasteiger partial charge is 0.264 e. The summed E-state index contributed by atoms with van der Waals surface area (Å²) in [5.74, 6) is -4.59. The number of hydrogen-bond donors (Lipinski definition) is 1. The van der Waals surface area contributed by atoms with Crippen molar-refractivity contribution in [3.05, 3.63) is 0 Å². The Kier molecular flexibility index (Phi) is 3.42. The second-order valence-electron chi connectivity index (χ2n) is 1.75. The summed E-state index contributed by atoms with van der Waals surface area (Å²) < 4.78 is 76.3. The summed E-state index contributed by atoms with van der Waals surface area (Å²) in [4.78, 5) is 0. The van der Waals surface area contributed by atoms with E-state index in [1.165, 1.54) is 0 Å². The average Bonchev–Trinajstić information content (AvgIpc) is 1.82. The molecule has 0 aromatic carbocycles. The van der Waals surface area contributed by atoms with Crippen molar-refractivity contribution in [2.24, 2.45) is 0 Å². The van der Waals surface area contributed by atoms with Gasteiger partial charge in [-0.1, -0.05) is 0 Å². The second kappa shape index (κ2) is 3.54. The Morgan fingerprint density at radius 2 is 1.83 bits per heavy atom. The third-order valence-electron chi connectivity index (χ3n) is 0.720. The maximum absolute atomic E-state index is 11.8. The van der Waals surface area contributed by atoms with Gasteiger partial charge in [0.15, 0.2) is 0 Å². The van der Waals surface area contributed by atoms with Crippen molar-refractivity contribution in [1.29, 1.82) is 0 Å². The van der Waals surface area contributed by atoms with Crippen LogP contribution < -0.4 is 0 Å². The van der Waals surface area contributed by atoms with Crippen LogP contribution in [0, 0.1) is 0 Å². The highest BCUT2D eigenvalue weighted by molar-refractivity contribution is 7.80. The maximum atomic E-state index is 11.8. The van der Waals surface area contributed by atoms with Crippen molar-refractivity contribution in [3.63, 3.8) is 0 Å². The van der Waals surface area contributed by atoms with Crippen LogP contribution >= 0.6 is 0 Å². The minimum atomic E-state index is -5.10. The minimum Gasteiger partial charge on any atom is -0.264 e. The van der Waals surface area contributed by atoms with Gasteiger partial charge in [-0.2, -0.15) is 17.2 Å². The summed E-state index contributed by atoms with van der Waals surface area (Å²) in [6, 6.07) is 0. The van der Waals surface area contributed by atoms with E-state index in [0.29, 0.717) is 0 Å². The standard InChI is InChI=1S/C3H4F4O4S/c4-2(5)3(6,7)1-11-12(8,9)10/h2H,1H2,(H,8,9,10). The third kappa shape index (κ3) is 4.46. The van der Waals surface area contributed by atoms with E-state index in [9.17, 15) is 26.0 Å². The molecule has 0 aromatic rings. The zero-order valence-corrected chi connectivity index (χ0v) is 6.19. The van der Waals surface area contributed by atoms with Crippen LogP contribution in [0.5, 0.6) is 0 Å². The van der Waals surface area contributed by atoms with Gasteiger partial charge in [-0.15, -0.1) is 0 Å². The van der Waals surface area contributed by atoms with Gasteiger partial charge in [-0.3, -0.25) is 4.55 Å². The summed E-state index contributed by atoms with van der Waals surface area (Å²) in [5.41, 5.74) is 0. The lowest BCUT2D eigenvalue weighted by molar-refractivity contribution is -0.148. The maximum Gasteiger partial charge on any atom is 0.397 e. The minimum absolute atomic E-state index is 2.08. The molecule has 0 aliphatic rings. The normalized spacial score (nSPS) is 13.8. The summed E-state index contributed by atoms with van der Waals surface area (Å²) >= 11 is 0. The van der Waals surface area contributed by atoms with Gasteiger partial charge < -0.3 is 0 Å². The van der Waals surface area contributed by atoms with Crippen LogP contribution in [-0.4, -0.2) is 31.9 Å². The first kappa shape index (κ1) is 11.6. The Hall–Kier alpha value is -0.410. The molecule has 0 aromatic heterocycles. The molecule has 0 spiro atoms. The highest BCUT2D eigenvalue weighted by Crippen LogP contribution is 2.23. The molecule has 1 N–H and O–H groups in total. The van der Waals surface area contributed by atoms with Crippen molar-refractivity contribution in [3.8, 4) is 0 Å². The number of hydrogen-bond acceptors (Lipinski definition) is 3. The van der Waals surface area contributed by atoms with E-state index >= 15 is 0 Å². The molecule has 0 fully saturated rings. The summed E-state index contributed by atoms with van der Waals surface area (Å²) in [5, 5.41) is 0. The van der Waals surface area contributed by atoms with E-state index in [1.807, 2.05) is 0 Å². The SMILES string of the molecule is O=S(=O)(O)OCC(F)(F)C(F)F. The van der Waals surface area contributed by atoms with Gasteiger partial charge in [-0.25, -0.2) is 13.0 Å². The average molecular weight is 212 g/mol. The van der Waals surface area contributed by atoms with Gasteiger partial charge in [0.1, 0.15) is 6.61 Å². The molecule has 0 unspecified atom stereocenters. The molecule has 0 radical (unpaired) electrons. The number of alkyl halides is 4. The molecule has 0 aliphatic carbocycles. The molecule has 0 aliphatic heterocycles. The predicted octanol–water partition coefficient (Wildman–Crippen LogP) is 0.706. The van der Waals surface area contributed by atoms with E-state index in [2.05, 4.69) is 4.18 Å². The molecule has 0 bridgehead atoms. The molecule has 12 heavy (non-hydrogen) atoms. The molecule has 4 nitrogen and oxygen atoms in total. The van der Waals surface area contributed by atoms with Gasteiger partial charge >= 0.3 is 22.7 Å². The second-order valence-corrected chi connectivity index (χ2v) is 2.84. The van der Waals surface area contributed by atoms with Gasteiger partial charge in [0.2, 0.25) is 0 Å². The van der Waals surface area contributed by atoms with Crippen LogP contribution in [0.15, 0.2) is 0 Å². The molecular formula is C3H4F4O4S. The van der Waals surface area contributed by atoms with E-state index in [-0.39, 0.29) is 0 Å². The lowest BCUT2D eigenvalue weighted by Gasteiger charge is -2.12. The first-order valence-electron chi connectivity index (χ1n) is 2.43. The number of halogens is 4. The quantitative estimate of drug-likeness (QED) is 0.550. The lowest BCUT2D eigenvalue weighted by atomic mass is 10.4. The first-order valence-corrected chi connectivity index (χ1v) is 3.79. The lowest BCUT2D eigenvalue weighted by Crippen LogP contribution is -2.33. The topological polar surface area (TPSA) is 63.6 Å². The zero-order chi connectivity index (χ0) is 9.99. The van der Waals surface area contributed by atoms with E-state index in [1.54, 1.807) is 0 Å². The summed E-state index contributed by atoms with van der Waals surface area (Å²) in [6.07, 6.45) is -4.04. The van der Waals surface area contributed by atoms with Crippen molar-refractivity contribution < 1.29 is 34.7 Å². The van der Waals surface area contributed by atoms with Crippen LogP contribution in [0.3, 0.4) is 0 Å². The Balaban J connectivity index is 4.10. The van der Waals surface area contributed by atoms with Gasteiger partial charge in [0.05, 0.1) is 0 Å². The molecule has 9 heteroatoms. The largest absolute Gasteiger partial charge is 0.397 e. The molecular weight excluding hydrogens is 208 g/mol. The summed E-state index contributed by atoms with van der Waals surface area (Å²) in [7, 11) is -5.10. The highest BCUT2D eigenvalue weighted by Gasteiger charge is 2.42. The fourth-order valence-corrected chi connectivity index (χ4v) is 0.522. The van der Waals surface area contributed by atoms with Crippen LogP contribution in [0.2, 0.25) is 0 Å². The van der Waals surface area contributed by atoms with E-state index in [0.717, 1.165) is 0 Å². The van der Waals surface area contributed by atoms with Crippen molar-refractivity contribution in [2.75, 3.05) is 6.61 Å².